The lowest BCUT2D eigenvalue weighted by atomic mass is 9.94. The van der Waals surface area contributed by atoms with Crippen molar-refractivity contribution < 1.29 is 9.53 Å². The highest BCUT2D eigenvalue weighted by molar-refractivity contribution is 9.10. The number of pyridine rings is 1. The van der Waals surface area contributed by atoms with Crippen molar-refractivity contribution >= 4 is 33.6 Å². The Morgan fingerprint density at radius 2 is 2.19 bits per heavy atom. The molecule has 21 heavy (non-hydrogen) atoms. The van der Waals surface area contributed by atoms with Crippen LogP contribution in [0.2, 0.25) is 5.02 Å². The molecule has 0 aromatic carbocycles. The molecule has 6 heteroatoms. The molecule has 0 N–H and O–H groups in total. The minimum Gasteiger partial charge on any atom is -0.444 e. The largest absolute Gasteiger partial charge is 0.444 e. The van der Waals surface area contributed by atoms with Gasteiger partial charge < -0.3 is 9.64 Å². The lowest BCUT2D eigenvalue weighted by molar-refractivity contribution is 0.0197. The molecular formula is C15H20BrClN2O2. The molecule has 0 spiro atoms. The van der Waals surface area contributed by atoms with Crippen molar-refractivity contribution in [1.82, 2.24) is 9.88 Å². The van der Waals surface area contributed by atoms with Crippen molar-refractivity contribution in [2.24, 2.45) is 0 Å². The minimum atomic E-state index is -0.471. The summed E-state index contributed by atoms with van der Waals surface area (Å²) in [5, 5.41) is 0.654. The summed E-state index contributed by atoms with van der Waals surface area (Å²) >= 11 is 9.44. The van der Waals surface area contributed by atoms with E-state index >= 15 is 0 Å². The Morgan fingerprint density at radius 1 is 1.48 bits per heavy atom. The highest BCUT2D eigenvalue weighted by Gasteiger charge is 2.29. The molecule has 0 radical (unpaired) electrons. The van der Waals surface area contributed by atoms with Gasteiger partial charge >= 0.3 is 6.09 Å². The molecule has 116 valence electrons. The molecule has 1 aromatic rings. The number of nitrogens with zero attached hydrogens (tertiary/aromatic N) is 2. The predicted molar refractivity (Wildman–Crippen MR) is 86.7 cm³/mol. The molecule has 1 atom stereocenters. The van der Waals surface area contributed by atoms with Gasteiger partial charge in [0.1, 0.15) is 10.2 Å². The standard InChI is InChI=1S/C15H20BrClN2O2/c1-15(2,3)21-14(20)19-6-4-5-10(9-19)12-7-11(17)8-13(16)18-12/h7-8,10H,4-6,9H2,1-3H3. The Kier molecular flexibility index (Phi) is 5.15. The van der Waals surface area contributed by atoms with E-state index in [0.29, 0.717) is 11.6 Å². The normalized spacial score (nSPS) is 19.5. The number of ether oxygens (including phenoxy) is 1. The number of carbonyl (C=O) groups excluding carboxylic acids is 1. The van der Waals surface area contributed by atoms with Gasteiger partial charge in [0, 0.05) is 29.7 Å². The molecule has 0 saturated carbocycles. The number of halogens is 2. The molecule has 1 amide bonds. The molecule has 1 aliphatic heterocycles. The fourth-order valence-corrected chi connectivity index (χ4v) is 3.20. The van der Waals surface area contributed by atoms with Crippen molar-refractivity contribution in [3.8, 4) is 0 Å². The van der Waals surface area contributed by atoms with Gasteiger partial charge in [-0.15, -0.1) is 0 Å². The maximum absolute atomic E-state index is 12.2. The number of likely N-dealkylation sites (tertiary alicyclic amines) is 1. The van der Waals surface area contributed by atoms with Gasteiger partial charge in [-0.1, -0.05) is 11.6 Å². The zero-order chi connectivity index (χ0) is 15.6. The Hall–Kier alpha value is -0.810. The van der Waals surface area contributed by atoms with Crippen molar-refractivity contribution in [2.75, 3.05) is 13.1 Å². The first-order chi connectivity index (χ1) is 9.74. The molecule has 0 bridgehead atoms. The maximum Gasteiger partial charge on any atom is 0.410 e. The van der Waals surface area contributed by atoms with Crippen LogP contribution >= 0.6 is 27.5 Å². The summed E-state index contributed by atoms with van der Waals surface area (Å²) in [7, 11) is 0. The van der Waals surface area contributed by atoms with Crippen LogP contribution < -0.4 is 0 Å². The second-order valence-electron chi connectivity index (χ2n) is 6.30. The SMILES string of the molecule is CC(C)(C)OC(=O)N1CCCC(c2cc(Cl)cc(Br)n2)C1. The van der Waals surface area contributed by atoms with E-state index in [1.54, 1.807) is 11.0 Å². The fourth-order valence-electron chi connectivity index (χ4n) is 2.40. The highest BCUT2D eigenvalue weighted by Crippen LogP contribution is 2.29. The van der Waals surface area contributed by atoms with Crippen LogP contribution in [0.1, 0.15) is 45.2 Å². The van der Waals surface area contributed by atoms with Crippen LogP contribution in [-0.4, -0.2) is 34.7 Å². The second-order valence-corrected chi connectivity index (χ2v) is 7.55. The van der Waals surface area contributed by atoms with Crippen molar-refractivity contribution in [3.05, 3.63) is 27.5 Å². The van der Waals surface area contributed by atoms with Gasteiger partial charge in [0.25, 0.3) is 0 Å². The van der Waals surface area contributed by atoms with Crippen LogP contribution in [0.5, 0.6) is 0 Å². The molecule has 0 aliphatic carbocycles. The summed E-state index contributed by atoms with van der Waals surface area (Å²) in [4.78, 5) is 18.4. The highest BCUT2D eigenvalue weighted by atomic mass is 79.9. The van der Waals surface area contributed by atoms with Gasteiger partial charge in [-0.3, -0.25) is 0 Å². The summed E-state index contributed by atoms with van der Waals surface area (Å²) in [6.45, 7) is 6.98. The molecule has 1 saturated heterocycles. The van der Waals surface area contributed by atoms with E-state index in [0.717, 1.165) is 29.7 Å². The lowest BCUT2D eigenvalue weighted by Gasteiger charge is -2.34. The Labute approximate surface area is 139 Å². The Bertz CT molecular complexity index is 511. The molecule has 2 rings (SSSR count). The number of hydrogen-bond acceptors (Lipinski definition) is 3. The summed E-state index contributed by atoms with van der Waals surface area (Å²) in [5.41, 5.74) is 0.448. The summed E-state index contributed by atoms with van der Waals surface area (Å²) in [6, 6.07) is 3.63. The van der Waals surface area contributed by atoms with Gasteiger partial charge in [-0.25, -0.2) is 9.78 Å². The van der Waals surface area contributed by atoms with Crippen LogP contribution in [0.25, 0.3) is 0 Å². The third-order valence-corrected chi connectivity index (χ3v) is 3.89. The molecule has 1 aromatic heterocycles. The van der Waals surface area contributed by atoms with Gasteiger partial charge in [0.15, 0.2) is 0 Å². The summed E-state index contributed by atoms with van der Waals surface area (Å²) in [6.07, 6.45) is 1.68. The minimum absolute atomic E-state index is 0.196. The van der Waals surface area contributed by atoms with E-state index in [4.69, 9.17) is 16.3 Å². The van der Waals surface area contributed by atoms with Crippen LogP contribution in [0, 0.1) is 0 Å². The zero-order valence-corrected chi connectivity index (χ0v) is 14.9. The first-order valence-corrected chi connectivity index (χ1v) is 8.22. The van der Waals surface area contributed by atoms with Gasteiger partial charge in [-0.05, 0) is 61.7 Å². The molecule has 2 heterocycles. The monoisotopic (exact) mass is 374 g/mol. The van der Waals surface area contributed by atoms with Gasteiger partial charge in [-0.2, -0.15) is 0 Å². The smallest absolute Gasteiger partial charge is 0.410 e. The van der Waals surface area contributed by atoms with E-state index in [-0.39, 0.29) is 12.0 Å². The molecule has 4 nitrogen and oxygen atoms in total. The second kappa shape index (κ2) is 6.53. The van der Waals surface area contributed by atoms with Crippen molar-refractivity contribution in [3.63, 3.8) is 0 Å². The van der Waals surface area contributed by atoms with Crippen LogP contribution in [0.15, 0.2) is 16.7 Å². The fraction of sp³-hybridized carbons (Fsp3) is 0.600. The number of rotatable bonds is 1. The van der Waals surface area contributed by atoms with E-state index in [9.17, 15) is 4.79 Å². The van der Waals surface area contributed by atoms with E-state index < -0.39 is 5.60 Å². The van der Waals surface area contributed by atoms with Crippen LogP contribution in [0.4, 0.5) is 4.79 Å². The quantitative estimate of drug-likeness (QED) is 0.673. The first kappa shape index (κ1) is 16.6. The molecule has 1 aliphatic rings. The topological polar surface area (TPSA) is 42.4 Å². The average Bonchev–Trinajstić information content (AvgIpc) is 2.36. The third-order valence-electron chi connectivity index (χ3n) is 3.27. The summed E-state index contributed by atoms with van der Waals surface area (Å²) in [5.74, 6) is 0.196. The van der Waals surface area contributed by atoms with E-state index in [1.807, 2.05) is 26.8 Å². The lowest BCUT2D eigenvalue weighted by Crippen LogP contribution is -2.42. The van der Waals surface area contributed by atoms with Gasteiger partial charge in [0.05, 0.1) is 0 Å². The van der Waals surface area contributed by atoms with Crippen LogP contribution in [-0.2, 0) is 4.74 Å². The molecular weight excluding hydrogens is 356 g/mol. The van der Waals surface area contributed by atoms with Crippen molar-refractivity contribution in [1.29, 1.82) is 0 Å². The Balaban J connectivity index is 2.08. The van der Waals surface area contributed by atoms with Crippen LogP contribution in [0.3, 0.4) is 0 Å². The Morgan fingerprint density at radius 3 is 2.81 bits per heavy atom. The van der Waals surface area contributed by atoms with E-state index in [2.05, 4.69) is 20.9 Å². The number of hydrogen-bond donors (Lipinski definition) is 0. The molecule has 1 unspecified atom stereocenters. The number of piperidine rings is 1. The zero-order valence-electron chi connectivity index (χ0n) is 12.5. The van der Waals surface area contributed by atoms with Gasteiger partial charge in [0.2, 0.25) is 0 Å². The number of amides is 1. The number of carbonyl (C=O) groups is 1. The maximum atomic E-state index is 12.2. The summed E-state index contributed by atoms with van der Waals surface area (Å²) < 4.78 is 6.16. The molecule has 1 fully saturated rings. The first-order valence-electron chi connectivity index (χ1n) is 7.05. The van der Waals surface area contributed by atoms with Crippen molar-refractivity contribution in [2.45, 2.75) is 45.1 Å². The predicted octanol–water partition coefficient (Wildman–Crippen LogP) is 4.61. The van der Waals surface area contributed by atoms with E-state index in [1.165, 1.54) is 0 Å². The third kappa shape index (κ3) is 4.85. The number of aromatic nitrogens is 1. The average molecular weight is 376 g/mol.